The minimum Gasteiger partial charge on any atom is -0.334 e. The number of hydrogen-bond donors (Lipinski definition) is 0. The van der Waals surface area contributed by atoms with E-state index in [1.165, 1.54) is 4.90 Å². The molecule has 3 heterocycles. The number of carbonyl (C=O) groups is 1. The monoisotopic (exact) mass is 396 g/mol. The minimum absolute atomic E-state index is 0.214. The van der Waals surface area contributed by atoms with E-state index >= 15 is 0 Å². The van der Waals surface area contributed by atoms with Gasteiger partial charge in [0.05, 0.1) is 16.0 Å². The van der Waals surface area contributed by atoms with Gasteiger partial charge in [0, 0.05) is 38.2 Å². The minimum atomic E-state index is -0.214. The van der Waals surface area contributed by atoms with Crippen LogP contribution in [0.3, 0.4) is 0 Å². The number of carbonyl (C=O) groups excluding carboxylic acids is 1. The Morgan fingerprint density at radius 2 is 2.17 bits per heavy atom. The molecule has 0 fully saturated rings. The second-order valence-corrected chi connectivity index (χ2v) is 6.37. The molecule has 1 amide bonds. The van der Waals surface area contributed by atoms with Gasteiger partial charge in [0.15, 0.2) is 11.3 Å². The van der Waals surface area contributed by atoms with Crippen molar-refractivity contribution in [2.24, 2.45) is 0 Å². The molecule has 0 aliphatic rings. The topological polar surface area (TPSA) is 68.3 Å². The van der Waals surface area contributed by atoms with Gasteiger partial charge in [-0.05, 0) is 22.9 Å². The van der Waals surface area contributed by atoms with Crippen LogP contribution in [0, 0.1) is 0 Å². The zero-order valence-corrected chi connectivity index (χ0v) is 14.9. The Hall–Kier alpha value is -1.93. The highest BCUT2D eigenvalue weighted by Gasteiger charge is 2.18. The molecule has 0 spiro atoms. The predicted molar refractivity (Wildman–Crippen MR) is 89.4 cm³/mol. The van der Waals surface area contributed by atoms with E-state index in [1.54, 1.807) is 40.9 Å². The van der Waals surface area contributed by atoms with Crippen LogP contribution < -0.4 is 0 Å². The molecule has 0 bridgehead atoms. The van der Waals surface area contributed by atoms with Crippen molar-refractivity contribution in [3.63, 3.8) is 0 Å². The molecule has 7 nitrogen and oxygen atoms in total. The lowest BCUT2D eigenvalue weighted by Crippen LogP contribution is -2.27. The molecular formula is C14H14BrClN6O. The van der Waals surface area contributed by atoms with Gasteiger partial charge in [0.2, 0.25) is 0 Å². The second-order valence-electron chi connectivity index (χ2n) is 5.05. The SMILES string of the molecule is CCn1cc(Cl)c(CN(C)C(=O)c2cc3ncc(Br)cn3n2)n1. The molecule has 0 aliphatic carbocycles. The van der Waals surface area contributed by atoms with Crippen molar-refractivity contribution in [1.29, 1.82) is 0 Å². The fourth-order valence-electron chi connectivity index (χ4n) is 2.16. The van der Waals surface area contributed by atoms with Gasteiger partial charge in [-0.1, -0.05) is 11.6 Å². The van der Waals surface area contributed by atoms with Gasteiger partial charge in [0.1, 0.15) is 5.69 Å². The van der Waals surface area contributed by atoms with Crippen molar-refractivity contribution in [3.8, 4) is 0 Å². The summed E-state index contributed by atoms with van der Waals surface area (Å²) in [5, 5.41) is 9.15. The van der Waals surface area contributed by atoms with Crippen molar-refractivity contribution >= 4 is 39.1 Å². The number of nitrogens with zero attached hydrogens (tertiary/aromatic N) is 6. The van der Waals surface area contributed by atoms with E-state index < -0.39 is 0 Å². The van der Waals surface area contributed by atoms with Gasteiger partial charge in [0.25, 0.3) is 5.91 Å². The molecule has 120 valence electrons. The Morgan fingerprint density at radius 1 is 1.39 bits per heavy atom. The molecule has 0 aliphatic heterocycles. The molecule has 0 saturated carbocycles. The molecular weight excluding hydrogens is 384 g/mol. The fourth-order valence-corrected chi connectivity index (χ4v) is 2.66. The maximum Gasteiger partial charge on any atom is 0.274 e. The number of fused-ring (bicyclic) bond motifs is 1. The number of amides is 1. The van der Waals surface area contributed by atoms with Crippen LogP contribution in [0.15, 0.2) is 29.1 Å². The Kier molecular flexibility index (Phi) is 4.36. The third-order valence-corrected chi connectivity index (χ3v) is 4.07. The largest absolute Gasteiger partial charge is 0.334 e. The first-order valence-corrected chi connectivity index (χ1v) is 8.13. The van der Waals surface area contributed by atoms with Crippen molar-refractivity contribution in [2.45, 2.75) is 20.0 Å². The highest BCUT2D eigenvalue weighted by molar-refractivity contribution is 9.10. The summed E-state index contributed by atoms with van der Waals surface area (Å²) in [4.78, 5) is 18.3. The average molecular weight is 398 g/mol. The van der Waals surface area contributed by atoms with Crippen LogP contribution in [-0.2, 0) is 13.1 Å². The van der Waals surface area contributed by atoms with E-state index in [1.807, 2.05) is 6.92 Å². The molecule has 3 rings (SSSR count). The van der Waals surface area contributed by atoms with Crippen molar-refractivity contribution < 1.29 is 4.79 Å². The first-order chi connectivity index (χ1) is 11.0. The third-order valence-electron chi connectivity index (χ3n) is 3.35. The van der Waals surface area contributed by atoms with E-state index in [-0.39, 0.29) is 5.91 Å². The Balaban J connectivity index is 1.81. The summed E-state index contributed by atoms with van der Waals surface area (Å²) < 4.78 is 4.09. The van der Waals surface area contributed by atoms with E-state index in [9.17, 15) is 4.79 Å². The molecule has 0 unspecified atom stereocenters. The van der Waals surface area contributed by atoms with Crippen LogP contribution in [0.1, 0.15) is 23.1 Å². The molecule has 23 heavy (non-hydrogen) atoms. The molecule has 3 aromatic rings. The van der Waals surface area contributed by atoms with Crippen LogP contribution >= 0.6 is 27.5 Å². The van der Waals surface area contributed by atoms with Gasteiger partial charge in [-0.15, -0.1) is 0 Å². The van der Waals surface area contributed by atoms with Gasteiger partial charge >= 0.3 is 0 Å². The first-order valence-electron chi connectivity index (χ1n) is 6.96. The lowest BCUT2D eigenvalue weighted by Gasteiger charge is -2.14. The zero-order chi connectivity index (χ0) is 16.6. The summed E-state index contributed by atoms with van der Waals surface area (Å²) in [5.74, 6) is -0.214. The van der Waals surface area contributed by atoms with Gasteiger partial charge in [-0.3, -0.25) is 9.48 Å². The smallest absolute Gasteiger partial charge is 0.274 e. The normalized spacial score (nSPS) is 11.1. The summed E-state index contributed by atoms with van der Waals surface area (Å²) in [6.07, 6.45) is 5.16. The highest BCUT2D eigenvalue weighted by atomic mass is 79.9. The maximum atomic E-state index is 12.5. The predicted octanol–water partition coefficient (Wildman–Crippen LogP) is 2.63. The molecule has 0 radical (unpaired) electrons. The van der Waals surface area contributed by atoms with Crippen LogP contribution in [0.5, 0.6) is 0 Å². The molecule has 9 heteroatoms. The number of hydrogen-bond acceptors (Lipinski definition) is 4. The van der Waals surface area contributed by atoms with Crippen LogP contribution in [0.2, 0.25) is 5.02 Å². The summed E-state index contributed by atoms with van der Waals surface area (Å²) in [5.41, 5.74) is 1.59. The Bertz CT molecular complexity index is 873. The zero-order valence-electron chi connectivity index (χ0n) is 12.6. The quantitative estimate of drug-likeness (QED) is 0.679. The molecule has 3 aromatic heterocycles. The van der Waals surface area contributed by atoms with Crippen molar-refractivity contribution in [3.05, 3.63) is 45.5 Å². The fraction of sp³-hybridized carbons (Fsp3) is 0.286. The second kappa shape index (κ2) is 6.29. The Labute approximate surface area is 146 Å². The summed E-state index contributed by atoms with van der Waals surface area (Å²) in [7, 11) is 1.69. The number of rotatable bonds is 4. The molecule has 0 atom stereocenters. The van der Waals surface area contributed by atoms with E-state index in [2.05, 4.69) is 31.1 Å². The van der Waals surface area contributed by atoms with E-state index in [0.717, 1.165) is 11.0 Å². The van der Waals surface area contributed by atoms with E-state index in [0.29, 0.717) is 28.6 Å². The molecule has 0 N–H and O–H groups in total. The lowest BCUT2D eigenvalue weighted by atomic mass is 10.3. The Morgan fingerprint density at radius 3 is 2.87 bits per heavy atom. The number of halogens is 2. The highest BCUT2D eigenvalue weighted by Crippen LogP contribution is 2.17. The lowest BCUT2D eigenvalue weighted by molar-refractivity contribution is 0.0777. The van der Waals surface area contributed by atoms with E-state index in [4.69, 9.17) is 11.6 Å². The van der Waals surface area contributed by atoms with Crippen molar-refractivity contribution in [2.75, 3.05) is 7.05 Å². The van der Waals surface area contributed by atoms with Gasteiger partial charge in [-0.2, -0.15) is 10.2 Å². The van der Waals surface area contributed by atoms with Crippen LogP contribution in [0.4, 0.5) is 0 Å². The summed E-state index contributed by atoms with van der Waals surface area (Å²) in [6.45, 7) is 3.02. The third kappa shape index (κ3) is 3.23. The molecule has 0 saturated heterocycles. The summed E-state index contributed by atoms with van der Waals surface area (Å²) in [6, 6.07) is 1.65. The summed E-state index contributed by atoms with van der Waals surface area (Å²) >= 11 is 9.47. The first kappa shape index (κ1) is 15.9. The van der Waals surface area contributed by atoms with Crippen LogP contribution in [-0.4, -0.2) is 42.2 Å². The van der Waals surface area contributed by atoms with Crippen LogP contribution in [0.25, 0.3) is 5.65 Å². The average Bonchev–Trinajstić information content (AvgIpc) is 3.09. The van der Waals surface area contributed by atoms with Crippen molar-refractivity contribution in [1.82, 2.24) is 29.3 Å². The number of aryl methyl sites for hydroxylation is 1. The van der Waals surface area contributed by atoms with Gasteiger partial charge in [-0.25, -0.2) is 9.50 Å². The van der Waals surface area contributed by atoms with Gasteiger partial charge < -0.3 is 4.90 Å². The number of aromatic nitrogens is 5. The standard InChI is InChI=1S/C14H14BrClN6O/c1-3-21-7-10(16)12(18-21)8-20(2)14(23)11-4-13-17-5-9(15)6-22(13)19-11/h4-7H,3,8H2,1-2H3. The maximum absolute atomic E-state index is 12.5. The molecule has 0 aromatic carbocycles.